The Labute approximate surface area is 100 Å². The molecule has 0 saturated carbocycles. The zero-order valence-corrected chi connectivity index (χ0v) is 10.1. The van der Waals surface area contributed by atoms with Gasteiger partial charge in [-0.15, -0.1) is 0 Å². The minimum Gasteiger partial charge on any atom is -0.490 e. The smallest absolute Gasteiger partial charge is 0.339 e. The van der Waals surface area contributed by atoms with Crippen molar-refractivity contribution in [3.63, 3.8) is 0 Å². The van der Waals surface area contributed by atoms with Crippen LogP contribution in [0, 0.1) is 0 Å². The maximum Gasteiger partial charge on any atom is 0.339 e. The molecule has 0 bridgehead atoms. The van der Waals surface area contributed by atoms with Crippen molar-refractivity contribution >= 4 is 11.0 Å². The quantitative estimate of drug-likeness (QED) is 0.759. The van der Waals surface area contributed by atoms with Gasteiger partial charge in [0.1, 0.15) is 11.3 Å². The lowest BCUT2D eigenvalue weighted by Crippen LogP contribution is -2.12. The van der Waals surface area contributed by atoms with E-state index in [-0.39, 0.29) is 11.7 Å². The summed E-state index contributed by atoms with van der Waals surface area (Å²) in [5.41, 5.74) is 0.195. The van der Waals surface area contributed by atoms with Crippen LogP contribution in [0.4, 0.5) is 0 Å². The monoisotopic (exact) mass is 232 g/mol. The predicted molar refractivity (Wildman–Crippen MR) is 67.5 cm³/mol. The third-order valence-corrected chi connectivity index (χ3v) is 2.64. The van der Waals surface area contributed by atoms with E-state index in [1.807, 2.05) is 25.1 Å². The van der Waals surface area contributed by atoms with E-state index < -0.39 is 0 Å². The lowest BCUT2D eigenvalue weighted by atomic mass is 10.2. The summed E-state index contributed by atoms with van der Waals surface area (Å²) in [6.07, 6.45) is 2.12. The van der Waals surface area contributed by atoms with Crippen LogP contribution in [-0.2, 0) is 0 Å². The molecule has 3 heteroatoms. The number of rotatable bonds is 4. The van der Waals surface area contributed by atoms with Crippen molar-refractivity contribution in [1.29, 1.82) is 0 Å². The molecule has 0 N–H and O–H groups in total. The SMILES string of the molecule is CCCC(C)Oc1cc(=O)oc2ccccc12. The van der Waals surface area contributed by atoms with Gasteiger partial charge in [-0.3, -0.25) is 0 Å². The van der Waals surface area contributed by atoms with Gasteiger partial charge in [-0.25, -0.2) is 4.79 Å². The van der Waals surface area contributed by atoms with Crippen molar-refractivity contribution in [2.24, 2.45) is 0 Å². The molecule has 0 radical (unpaired) electrons. The van der Waals surface area contributed by atoms with E-state index in [1.165, 1.54) is 6.07 Å². The fraction of sp³-hybridized carbons (Fsp3) is 0.357. The maximum atomic E-state index is 11.4. The van der Waals surface area contributed by atoms with Gasteiger partial charge in [-0.1, -0.05) is 25.5 Å². The van der Waals surface area contributed by atoms with Crippen LogP contribution >= 0.6 is 0 Å². The Morgan fingerprint density at radius 1 is 1.35 bits per heavy atom. The van der Waals surface area contributed by atoms with Gasteiger partial charge in [0.25, 0.3) is 0 Å². The summed E-state index contributed by atoms with van der Waals surface area (Å²) in [5, 5.41) is 0.843. The Hall–Kier alpha value is -1.77. The van der Waals surface area contributed by atoms with E-state index in [9.17, 15) is 4.79 Å². The molecule has 0 aliphatic heterocycles. The van der Waals surface area contributed by atoms with Crippen molar-refractivity contribution < 1.29 is 9.15 Å². The summed E-state index contributed by atoms with van der Waals surface area (Å²) in [7, 11) is 0. The summed E-state index contributed by atoms with van der Waals surface area (Å²) in [4.78, 5) is 11.4. The summed E-state index contributed by atoms with van der Waals surface area (Å²) in [6, 6.07) is 8.82. The van der Waals surface area contributed by atoms with Crippen LogP contribution in [0.1, 0.15) is 26.7 Å². The highest BCUT2D eigenvalue weighted by Crippen LogP contribution is 2.24. The first-order chi connectivity index (χ1) is 8.20. The first-order valence-electron chi connectivity index (χ1n) is 5.90. The summed E-state index contributed by atoms with van der Waals surface area (Å²) < 4.78 is 10.9. The van der Waals surface area contributed by atoms with Crippen LogP contribution in [-0.4, -0.2) is 6.10 Å². The van der Waals surface area contributed by atoms with Gasteiger partial charge in [0.2, 0.25) is 0 Å². The van der Waals surface area contributed by atoms with Gasteiger partial charge in [0, 0.05) is 0 Å². The van der Waals surface area contributed by atoms with Gasteiger partial charge in [-0.2, -0.15) is 0 Å². The molecule has 0 aliphatic carbocycles. The number of para-hydroxylation sites is 1. The fourth-order valence-corrected chi connectivity index (χ4v) is 1.86. The zero-order valence-electron chi connectivity index (χ0n) is 10.1. The summed E-state index contributed by atoms with van der Waals surface area (Å²) >= 11 is 0. The Morgan fingerprint density at radius 3 is 2.88 bits per heavy atom. The number of ether oxygens (including phenoxy) is 1. The van der Waals surface area contributed by atoms with E-state index in [0.29, 0.717) is 11.3 Å². The second-order valence-corrected chi connectivity index (χ2v) is 4.14. The molecular weight excluding hydrogens is 216 g/mol. The lowest BCUT2D eigenvalue weighted by Gasteiger charge is -2.14. The van der Waals surface area contributed by atoms with Crippen LogP contribution in [0.5, 0.6) is 5.75 Å². The van der Waals surface area contributed by atoms with Crippen molar-refractivity contribution in [2.45, 2.75) is 32.8 Å². The molecule has 3 nitrogen and oxygen atoms in total. The molecule has 1 atom stereocenters. The molecule has 1 unspecified atom stereocenters. The minimum absolute atomic E-state index is 0.102. The zero-order chi connectivity index (χ0) is 12.3. The van der Waals surface area contributed by atoms with Crippen molar-refractivity contribution in [2.75, 3.05) is 0 Å². The Morgan fingerprint density at radius 2 is 2.12 bits per heavy atom. The summed E-state index contributed by atoms with van der Waals surface area (Å²) in [5.74, 6) is 0.609. The average molecular weight is 232 g/mol. The molecule has 1 heterocycles. The molecule has 0 spiro atoms. The topological polar surface area (TPSA) is 39.4 Å². The summed E-state index contributed by atoms with van der Waals surface area (Å²) in [6.45, 7) is 4.12. The molecular formula is C14H16O3. The van der Waals surface area contributed by atoms with E-state index in [4.69, 9.17) is 9.15 Å². The fourth-order valence-electron chi connectivity index (χ4n) is 1.86. The largest absolute Gasteiger partial charge is 0.490 e. The van der Waals surface area contributed by atoms with Gasteiger partial charge in [0.05, 0.1) is 17.6 Å². The van der Waals surface area contributed by atoms with Crippen molar-refractivity contribution in [3.05, 3.63) is 40.8 Å². The van der Waals surface area contributed by atoms with Crippen LogP contribution in [0.15, 0.2) is 39.5 Å². The molecule has 0 aliphatic rings. The highest BCUT2D eigenvalue weighted by atomic mass is 16.5. The molecule has 0 saturated heterocycles. The molecule has 17 heavy (non-hydrogen) atoms. The Bertz CT molecular complexity index is 557. The van der Waals surface area contributed by atoms with Crippen molar-refractivity contribution in [1.82, 2.24) is 0 Å². The second-order valence-electron chi connectivity index (χ2n) is 4.14. The van der Waals surface area contributed by atoms with Crippen LogP contribution in [0.25, 0.3) is 11.0 Å². The van der Waals surface area contributed by atoms with Gasteiger partial charge >= 0.3 is 5.63 Å². The Balaban J connectivity index is 2.42. The van der Waals surface area contributed by atoms with Gasteiger partial charge < -0.3 is 9.15 Å². The van der Waals surface area contributed by atoms with Crippen LogP contribution in [0.2, 0.25) is 0 Å². The molecule has 90 valence electrons. The number of hydrogen-bond donors (Lipinski definition) is 0. The molecule has 1 aromatic carbocycles. The van der Waals surface area contributed by atoms with Crippen molar-refractivity contribution in [3.8, 4) is 5.75 Å². The maximum absolute atomic E-state index is 11.4. The third kappa shape index (κ3) is 2.67. The molecule has 1 aromatic heterocycles. The molecule has 0 amide bonds. The minimum atomic E-state index is -0.373. The highest BCUT2D eigenvalue weighted by molar-refractivity contribution is 5.82. The lowest BCUT2D eigenvalue weighted by molar-refractivity contribution is 0.211. The molecule has 2 aromatic rings. The van der Waals surface area contributed by atoms with Gasteiger partial charge in [0.15, 0.2) is 0 Å². The van der Waals surface area contributed by atoms with Crippen LogP contribution in [0.3, 0.4) is 0 Å². The van der Waals surface area contributed by atoms with Gasteiger partial charge in [-0.05, 0) is 25.5 Å². The first-order valence-corrected chi connectivity index (χ1v) is 5.90. The van der Waals surface area contributed by atoms with Crippen LogP contribution < -0.4 is 10.4 Å². The molecule has 2 rings (SSSR count). The molecule has 0 fully saturated rings. The predicted octanol–water partition coefficient (Wildman–Crippen LogP) is 3.36. The number of fused-ring (bicyclic) bond motifs is 1. The number of hydrogen-bond acceptors (Lipinski definition) is 3. The van der Waals surface area contributed by atoms with E-state index in [1.54, 1.807) is 6.07 Å². The number of benzene rings is 1. The normalized spacial score (nSPS) is 12.6. The highest BCUT2D eigenvalue weighted by Gasteiger charge is 2.09. The third-order valence-electron chi connectivity index (χ3n) is 2.64. The van der Waals surface area contributed by atoms with E-state index in [0.717, 1.165) is 18.2 Å². The second kappa shape index (κ2) is 5.04. The standard InChI is InChI=1S/C14H16O3/c1-3-6-10(2)16-13-9-14(15)17-12-8-5-4-7-11(12)13/h4-5,7-10H,3,6H2,1-2H3. The van der Waals surface area contributed by atoms with E-state index >= 15 is 0 Å². The van der Waals surface area contributed by atoms with E-state index in [2.05, 4.69) is 6.92 Å². The first kappa shape index (κ1) is 11.7. The average Bonchev–Trinajstić information content (AvgIpc) is 2.29. The Kier molecular flexibility index (Phi) is 3.47.